The highest BCUT2D eigenvalue weighted by Crippen LogP contribution is 2.49. The number of rotatable bonds is 4. The van der Waals surface area contributed by atoms with Crippen LogP contribution in [0.5, 0.6) is 0 Å². The molecule has 0 radical (unpaired) electrons. The fourth-order valence-electron chi connectivity index (χ4n) is 5.30. The van der Waals surface area contributed by atoms with Crippen molar-refractivity contribution < 1.29 is 24.3 Å². The van der Waals surface area contributed by atoms with Gasteiger partial charge in [0, 0.05) is 57.4 Å². The normalized spacial score (nSPS) is 26.5. The van der Waals surface area contributed by atoms with Gasteiger partial charge in [-0.2, -0.15) is 0 Å². The van der Waals surface area contributed by atoms with Crippen molar-refractivity contribution in [2.45, 2.75) is 56.1 Å². The molecule has 2 saturated heterocycles. The van der Waals surface area contributed by atoms with Crippen LogP contribution >= 0.6 is 0 Å². The van der Waals surface area contributed by atoms with Gasteiger partial charge in [0.15, 0.2) is 0 Å². The van der Waals surface area contributed by atoms with E-state index >= 15 is 0 Å². The Morgan fingerprint density at radius 3 is 2.39 bits per heavy atom. The first-order chi connectivity index (χ1) is 15.9. The fraction of sp³-hybridized carbons (Fsp3) is 0.583. The van der Waals surface area contributed by atoms with Crippen LogP contribution in [0.1, 0.15) is 50.0 Å². The third-order valence-corrected chi connectivity index (χ3v) is 7.52. The molecule has 176 valence electrons. The van der Waals surface area contributed by atoms with Crippen LogP contribution in [0.2, 0.25) is 0 Å². The molecule has 3 aliphatic heterocycles. The van der Waals surface area contributed by atoms with Crippen LogP contribution in [0.25, 0.3) is 0 Å². The lowest BCUT2D eigenvalue weighted by Gasteiger charge is -2.37. The molecule has 3 amide bonds. The molecule has 0 bridgehead atoms. The number of benzene rings is 1. The van der Waals surface area contributed by atoms with Crippen LogP contribution < -0.4 is 5.32 Å². The Balaban J connectivity index is 1.08. The van der Waals surface area contributed by atoms with Crippen LogP contribution in [0, 0.1) is 5.92 Å². The maximum Gasteiger partial charge on any atom is 0.407 e. The number of hydrogen-bond acceptors (Lipinski definition) is 5. The lowest BCUT2D eigenvalue weighted by atomic mass is 9.86. The molecule has 5 rings (SSSR count). The van der Waals surface area contributed by atoms with Gasteiger partial charge < -0.3 is 25.1 Å². The minimum absolute atomic E-state index is 0.0529. The summed E-state index contributed by atoms with van der Waals surface area (Å²) >= 11 is 0. The van der Waals surface area contributed by atoms with Crippen LogP contribution in [0.15, 0.2) is 35.5 Å². The third kappa shape index (κ3) is 4.54. The van der Waals surface area contributed by atoms with E-state index in [1.807, 2.05) is 23.1 Å². The molecule has 1 aliphatic carbocycles. The van der Waals surface area contributed by atoms with Crippen molar-refractivity contribution in [3.63, 3.8) is 0 Å². The molecule has 33 heavy (non-hydrogen) atoms. The lowest BCUT2D eigenvalue weighted by molar-refractivity contribution is -0.138. The molecule has 2 unspecified atom stereocenters. The second kappa shape index (κ2) is 8.68. The molecular formula is C24H30N4O5. The molecule has 1 aromatic rings. The maximum atomic E-state index is 13.0. The molecule has 4 aliphatic rings. The number of nitrogens with one attached hydrogen (secondary N) is 1. The first-order valence-corrected chi connectivity index (χ1v) is 11.8. The van der Waals surface area contributed by atoms with E-state index in [0.29, 0.717) is 69.9 Å². The van der Waals surface area contributed by atoms with E-state index in [9.17, 15) is 14.4 Å². The summed E-state index contributed by atoms with van der Waals surface area (Å²) in [6.45, 7) is 2.08. The Hall–Kier alpha value is -3.10. The Morgan fingerprint density at radius 2 is 1.73 bits per heavy atom. The summed E-state index contributed by atoms with van der Waals surface area (Å²) in [6, 6.07) is 10.2. The summed E-state index contributed by atoms with van der Waals surface area (Å²) < 4.78 is 0. The quantitative estimate of drug-likeness (QED) is 0.724. The van der Waals surface area contributed by atoms with Crippen LogP contribution in [-0.2, 0) is 14.4 Å². The zero-order valence-electron chi connectivity index (χ0n) is 18.6. The highest BCUT2D eigenvalue weighted by Gasteiger charge is 2.49. The van der Waals surface area contributed by atoms with Crippen LogP contribution in [0.4, 0.5) is 4.79 Å². The predicted octanol–water partition coefficient (Wildman–Crippen LogP) is 2.19. The highest BCUT2D eigenvalue weighted by molar-refractivity contribution is 6.39. The summed E-state index contributed by atoms with van der Waals surface area (Å²) in [7, 11) is 0. The number of carboxylic acid groups (broad SMARTS) is 1. The van der Waals surface area contributed by atoms with Gasteiger partial charge in [-0.15, -0.1) is 0 Å². The Labute approximate surface area is 192 Å². The molecule has 3 fully saturated rings. The van der Waals surface area contributed by atoms with E-state index in [1.54, 1.807) is 0 Å². The Morgan fingerprint density at radius 1 is 1.03 bits per heavy atom. The topological polar surface area (TPSA) is 112 Å². The average molecular weight is 455 g/mol. The largest absolute Gasteiger partial charge is 0.465 e. The average Bonchev–Trinajstić information content (AvgIpc) is 3.54. The second-order valence-corrected chi connectivity index (χ2v) is 9.69. The van der Waals surface area contributed by atoms with Gasteiger partial charge in [-0.05, 0) is 30.7 Å². The van der Waals surface area contributed by atoms with Gasteiger partial charge in [0.05, 0.1) is 0 Å². The molecule has 3 heterocycles. The molecule has 0 aromatic heterocycles. The van der Waals surface area contributed by atoms with Crippen molar-refractivity contribution in [1.82, 2.24) is 15.1 Å². The van der Waals surface area contributed by atoms with E-state index in [2.05, 4.69) is 22.6 Å². The molecule has 1 aromatic carbocycles. The molecule has 2 atom stereocenters. The zero-order chi connectivity index (χ0) is 23.0. The van der Waals surface area contributed by atoms with Gasteiger partial charge >= 0.3 is 6.09 Å². The molecule has 1 spiro atoms. The van der Waals surface area contributed by atoms with Gasteiger partial charge in [0.2, 0.25) is 5.91 Å². The summed E-state index contributed by atoms with van der Waals surface area (Å²) in [6.07, 6.45) is 2.97. The Kier molecular flexibility index (Phi) is 5.72. The monoisotopic (exact) mass is 454 g/mol. The third-order valence-electron chi connectivity index (χ3n) is 7.52. The van der Waals surface area contributed by atoms with E-state index in [0.717, 1.165) is 6.42 Å². The minimum atomic E-state index is -0.919. The zero-order valence-corrected chi connectivity index (χ0v) is 18.6. The van der Waals surface area contributed by atoms with Crippen LogP contribution in [-0.4, -0.2) is 76.3 Å². The summed E-state index contributed by atoms with van der Waals surface area (Å²) in [4.78, 5) is 45.7. The van der Waals surface area contributed by atoms with Gasteiger partial charge in [-0.3, -0.25) is 9.59 Å². The second-order valence-electron chi connectivity index (χ2n) is 9.69. The van der Waals surface area contributed by atoms with Crippen molar-refractivity contribution in [2.24, 2.45) is 11.1 Å². The number of amides is 3. The fourth-order valence-corrected chi connectivity index (χ4v) is 5.30. The van der Waals surface area contributed by atoms with Gasteiger partial charge in [-0.25, -0.2) is 4.79 Å². The molecule has 9 nitrogen and oxygen atoms in total. The number of likely N-dealkylation sites (tertiary alicyclic amines) is 2. The van der Waals surface area contributed by atoms with Crippen LogP contribution in [0.3, 0.4) is 0 Å². The standard InChI is InChI=1S/C24H30N4O5/c29-21(25-17-6-10-28(11-7-17)23(31)32)20-15-24(33-26-20)8-12-27(13-9-24)22(30)19-14-18(19)16-4-2-1-3-5-16/h1-5,17-19H,6-15H2,(H,25,29)(H,31,32). The number of hydrogen-bond donors (Lipinski definition) is 2. The SMILES string of the molecule is O=C(NC1CCN(C(=O)O)CC1)C1=NOC2(CCN(C(=O)C3CC3c3ccccc3)CC2)C1. The predicted molar refractivity (Wildman–Crippen MR) is 120 cm³/mol. The first-order valence-electron chi connectivity index (χ1n) is 11.8. The number of nitrogens with zero attached hydrogens (tertiary/aromatic N) is 3. The summed E-state index contributed by atoms with van der Waals surface area (Å²) in [5.74, 6) is 0.403. The smallest absolute Gasteiger partial charge is 0.407 e. The van der Waals surface area contributed by atoms with Gasteiger partial charge in [0.25, 0.3) is 5.91 Å². The Bertz CT molecular complexity index is 949. The van der Waals surface area contributed by atoms with Crippen molar-refractivity contribution in [3.05, 3.63) is 35.9 Å². The van der Waals surface area contributed by atoms with Crippen molar-refractivity contribution in [3.8, 4) is 0 Å². The first kappa shape index (κ1) is 21.7. The number of carbonyl (C=O) groups is 3. The number of carbonyl (C=O) groups excluding carboxylic acids is 2. The van der Waals surface area contributed by atoms with E-state index in [4.69, 9.17) is 9.94 Å². The number of piperidine rings is 2. The highest BCUT2D eigenvalue weighted by atomic mass is 16.7. The van der Waals surface area contributed by atoms with Gasteiger partial charge in [0.1, 0.15) is 11.3 Å². The minimum Gasteiger partial charge on any atom is -0.465 e. The molecule has 1 saturated carbocycles. The van der Waals surface area contributed by atoms with E-state index in [1.165, 1.54) is 10.5 Å². The molecule has 9 heteroatoms. The number of oxime groups is 1. The lowest BCUT2D eigenvalue weighted by Crippen LogP contribution is -2.49. The maximum absolute atomic E-state index is 13.0. The summed E-state index contributed by atoms with van der Waals surface area (Å²) in [5.41, 5.74) is 1.13. The molecular weight excluding hydrogens is 424 g/mol. The van der Waals surface area contributed by atoms with Crippen molar-refractivity contribution >= 4 is 23.6 Å². The van der Waals surface area contributed by atoms with Crippen molar-refractivity contribution in [1.29, 1.82) is 0 Å². The van der Waals surface area contributed by atoms with E-state index < -0.39 is 11.7 Å². The summed E-state index contributed by atoms with van der Waals surface area (Å²) in [5, 5.41) is 16.1. The van der Waals surface area contributed by atoms with Gasteiger partial charge in [-0.1, -0.05) is 35.5 Å². The molecule has 2 N–H and O–H groups in total. The van der Waals surface area contributed by atoms with Crippen molar-refractivity contribution in [2.75, 3.05) is 26.2 Å². The van der Waals surface area contributed by atoms with E-state index in [-0.39, 0.29) is 23.8 Å².